The number of benzene rings is 1. The Morgan fingerprint density at radius 3 is 2.50 bits per heavy atom. The molecule has 1 N–H and O–H groups in total. The summed E-state index contributed by atoms with van der Waals surface area (Å²) in [4.78, 5) is 0. The molecule has 1 saturated carbocycles. The lowest BCUT2D eigenvalue weighted by Crippen LogP contribution is -2.20. The van der Waals surface area contributed by atoms with Crippen LogP contribution in [0.15, 0.2) is 22.7 Å². The molecule has 16 heavy (non-hydrogen) atoms. The van der Waals surface area contributed by atoms with E-state index in [1.54, 1.807) is 7.11 Å². The Morgan fingerprint density at radius 1 is 1.44 bits per heavy atom. The highest BCUT2D eigenvalue weighted by Crippen LogP contribution is 2.66. The zero-order chi connectivity index (χ0) is 12.0. The Bertz CT molecular complexity index is 414. The van der Waals surface area contributed by atoms with E-state index in [0.717, 1.165) is 22.2 Å². The molecule has 0 amide bonds. The van der Waals surface area contributed by atoms with Crippen LogP contribution in [0.5, 0.6) is 5.75 Å². The van der Waals surface area contributed by atoms with Crippen molar-refractivity contribution in [2.45, 2.75) is 25.7 Å². The van der Waals surface area contributed by atoms with Gasteiger partial charge in [0.25, 0.3) is 0 Å². The third kappa shape index (κ3) is 1.49. The molecule has 1 aliphatic rings. The van der Waals surface area contributed by atoms with Gasteiger partial charge in [0.05, 0.1) is 13.7 Å². The second kappa shape index (κ2) is 3.74. The number of aliphatic hydroxyl groups excluding tert-OH is 1. The number of ether oxygens (including phenoxy) is 1. The zero-order valence-corrected chi connectivity index (χ0v) is 11.5. The van der Waals surface area contributed by atoms with E-state index < -0.39 is 0 Å². The highest BCUT2D eigenvalue weighted by molar-refractivity contribution is 9.10. The first-order valence-electron chi connectivity index (χ1n) is 5.42. The maximum absolute atomic E-state index is 9.71. The van der Waals surface area contributed by atoms with Crippen LogP contribution in [0.3, 0.4) is 0 Å². The van der Waals surface area contributed by atoms with Gasteiger partial charge < -0.3 is 9.84 Å². The van der Waals surface area contributed by atoms with Crippen molar-refractivity contribution in [2.24, 2.45) is 5.41 Å². The summed E-state index contributed by atoms with van der Waals surface area (Å²) in [6.07, 6.45) is 0.996. The molecular weight excluding hydrogens is 268 g/mol. The highest BCUT2D eigenvalue weighted by Gasteiger charge is 2.63. The monoisotopic (exact) mass is 284 g/mol. The van der Waals surface area contributed by atoms with Crippen molar-refractivity contribution < 1.29 is 9.84 Å². The van der Waals surface area contributed by atoms with Gasteiger partial charge in [0.1, 0.15) is 5.75 Å². The van der Waals surface area contributed by atoms with Crippen LogP contribution in [0, 0.1) is 5.41 Å². The summed E-state index contributed by atoms with van der Waals surface area (Å²) in [5.41, 5.74) is 1.09. The molecule has 3 heteroatoms. The number of hydrogen-bond acceptors (Lipinski definition) is 2. The van der Waals surface area contributed by atoms with Gasteiger partial charge in [0.2, 0.25) is 0 Å². The van der Waals surface area contributed by atoms with E-state index in [9.17, 15) is 5.11 Å². The Hall–Kier alpha value is -0.540. The molecule has 1 atom stereocenters. The van der Waals surface area contributed by atoms with Gasteiger partial charge in [0, 0.05) is 15.5 Å². The van der Waals surface area contributed by atoms with E-state index in [2.05, 4.69) is 29.8 Å². The van der Waals surface area contributed by atoms with Gasteiger partial charge in [-0.05, 0) is 24.0 Å². The molecule has 0 aliphatic heterocycles. The number of aliphatic hydroxyl groups is 1. The molecule has 0 spiro atoms. The van der Waals surface area contributed by atoms with Crippen LogP contribution in [0.25, 0.3) is 0 Å². The van der Waals surface area contributed by atoms with Crippen molar-refractivity contribution in [3.8, 4) is 5.75 Å². The van der Waals surface area contributed by atoms with Gasteiger partial charge in [-0.15, -0.1) is 0 Å². The van der Waals surface area contributed by atoms with Crippen molar-refractivity contribution in [3.05, 3.63) is 28.2 Å². The van der Waals surface area contributed by atoms with Crippen molar-refractivity contribution in [3.63, 3.8) is 0 Å². The van der Waals surface area contributed by atoms with Crippen LogP contribution in [-0.2, 0) is 5.41 Å². The lowest BCUT2D eigenvalue weighted by molar-refractivity contribution is 0.227. The summed E-state index contributed by atoms with van der Waals surface area (Å²) in [5, 5.41) is 9.71. The number of rotatable bonds is 3. The second-order valence-electron chi connectivity index (χ2n) is 5.12. The number of methoxy groups -OCH3 is 1. The van der Waals surface area contributed by atoms with Crippen molar-refractivity contribution >= 4 is 15.9 Å². The normalized spacial score (nSPS) is 26.6. The molecule has 1 unspecified atom stereocenters. The number of hydrogen-bond donors (Lipinski definition) is 1. The molecular formula is C13H17BrO2. The van der Waals surface area contributed by atoms with Gasteiger partial charge in [-0.25, -0.2) is 0 Å². The molecule has 0 aromatic heterocycles. The Kier molecular flexibility index (Phi) is 2.79. The van der Waals surface area contributed by atoms with Crippen LogP contribution in [0.2, 0.25) is 0 Å². The fourth-order valence-electron chi connectivity index (χ4n) is 2.62. The summed E-state index contributed by atoms with van der Waals surface area (Å²) in [5.74, 6) is 0.856. The van der Waals surface area contributed by atoms with Crippen molar-refractivity contribution in [1.82, 2.24) is 0 Å². The molecule has 88 valence electrons. The first kappa shape index (κ1) is 11.9. The molecule has 1 aromatic carbocycles. The summed E-state index contributed by atoms with van der Waals surface area (Å²) in [7, 11) is 1.67. The van der Waals surface area contributed by atoms with E-state index in [4.69, 9.17) is 4.74 Å². The maximum Gasteiger partial charge on any atom is 0.123 e. The van der Waals surface area contributed by atoms with E-state index in [1.165, 1.54) is 0 Å². The minimum absolute atomic E-state index is 0.138. The van der Waals surface area contributed by atoms with Crippen LogP contribution in [-0.4, -0.2) is 18.8 Å². The summed E-state index contributed by atoms with van der Waals surface area (Å²) >= 11 is 3.57. The predicted octanol–water partition coefficient (Wildman–Crippen LogP) is 3.12. The molecule has 0 saturated heterocycles. The van der Waals surface area contributed by atoms with Gasteiger partial charge >= 0.3 is 0 Å². The standard InChI is InChI=1S/C13H17BrO2/c1-12(2)7-13(12,8-15)11-9(14)5-4-6-10(11)16-3/h4-6,15H,7-8H2,1-3H3. The Balaban J connectivity index is 2.56. The first-order chi connectivity index (χ1) is 7.48. The molecule has 0 bridgehead atoms. The largest absolute Gasteiger partial charge is 0.496 e. The average Bonchev–Trinajstić information content (AvgIpc) is 2.81. The topological polar surface area (TPSA) is 29.5 Å². The molecule has 2 nitrogen and oxygen atoms in total. The minimum atomic E-state index is -0.154. The fraction of sp³-hybridized carbons (Fsp3) is 0.538. The minimum Gasteiger partial charge on any atom is -0.496 e. The highest BCUT2D eigenvalue weighted by atomic mass is 79.9. The van der Waals surface area contributed by atoms with Crippen molar-refractivity contribution in [2.75, 3.05) is 13.7 Å². The lowest BCUT2D eigenvalue weighted by Gasteiger charge is -2.22. The maximum atomic E-state index is 9.71. The van der Waals surface area contributed by atoms with Gasteiger partial charge in [-0.2, -0.15) is 0 Å². The second-order valence-corrected chi connectivity index (χ2v) is 5.97. The van der Waals surface area contributed by atoms with E-state index in [-0.39, 0.29) is 17.4 Å². The van der Waals surface area contributed by atoms with Crippen LogP contribution < -0.4 is 4.74 Å². The third-order valence-electron chi connectivity index (χ3n) is 3.86. The van der Waals surface area contributed by atoms with Crippen LogP contribution >= 0.6 is 15.9 Å². The van der Waals surface area contributed by atoms with Gasteiger partial charge in [-0.1, -0.05) is 35.8 Å². The van der Waals surface area contributed by atoms with Gasteiger partial charge in [0.15, 0.2) is 0 Å². The smallest absolute Gasteiger partial charge is 0.123 e. The summed E-state index contributed by atoms with van der Waals surface area (Å²) in [6, 6.07) is 5.91. The van der Waals surface area contributed by atoms with E-state index >= 15 is 0 Å². The third-order valence-corrected chi connectivity index (χ3v) is 4.52. The molecule has 2 rings (SSSR count). The SMILES string of the molecule is COc1cccc(Br)c1C1(CO)CC1(C)C. The molecule has 1 fully saturated rings. The van der Waals surface area contributed by atoms with Crippen LogP contribution in [0.4, 0.5) is 0 Å². The average molecular weight is 285 g/mol. The number of halogens is 1. The van der Waals surface area contributed by atoms with Crippen molar-refractivity contribution in [1.29, 1.82) is 0 Å². The quantitative estimate of drug-likeness (QED) is 0.924. The van der Waals surface area contributed by atoms with Crippen LogP contribution in [0.1, 0.15) is 25.8 Å². The summed E-state index contributed by atoms with van der Waals surface area (Å²) in [6.45, 7) is 4.53. The van der Waals surface area contributed by atoms with Gasteiger partial charge in [-0.3, -0.25) is 0 Å². The first-order valence-corrected chi connectivity index (χ1v) is 6.22. The lowest BCUT2D eigenvalue weighted by atomic mass is 9.88. The predicted molar refractivity (Wildman–Crippen MR) is 67.9 cm³/mol. The van der Waals surface area contributed by atoms with E-state index in [1.807, 2.05) is 18.2 Å². The Morgan fingerprint density at radius 2 is 2.06 bits per heavy atom. The zero-order valence-electron chi connectivity index (χ0n) is 9.88. The fourth-order valence-corrected chi connectivity index (χ4v) is 3.35. The Labute approximate surface area is 105 Å². The molecule has 1 aliphatic carbocycles. The molecule has 0 heterocycles. The molecule has 1 aromatic rings. The molecule has 0 radical (unpaired) electrons. The van der Waals surface area contributed by atoms with E-state index in [0.29, 0.717) is 0 Å². The summed E-state index contributed by atoms with van der Waals surface area (Å²) < 4.78 is 6.43.